The summed E-state index contributed by atoms with van der Waals surface area (Å²) < 4.78 is 5.21. The Morgan fingerprint density at radius 1 is 1.67 bits per heavy atom. The summed E-state index contributed by atoms with van der Waals surface area (Å²) in [4.78, 5) is 11.6. The Labute approximate surface area is 101 Å². The third-order valence-electron chi connectivity index (χ3n) is 2.27. The molecule has 1 aliphatic heterocycles. The van der Waals surface area contributed by atoms with Crippen molar-refractivity contribution in [3.8, 4) is 0 Å². The van der Waals surface area contributed by atoms with Gasteiger partial charge in [-0.25, -0.2) is 0 Å². The molecule has 0 aromatic heterocycles. The Hall–Kier alpha value is 0.0300. The van der Waals surface area contributed by atoms with Gasteiger partial charge >= 0.3 is 0 Å². The summed E-state index contributed by atoms with van der Waals surface area (Å²) in [5.74, 6) is 1.80. The van der Waals surface area contributed by atoms with E-state index in [0.29, 0.717) is 6.54 Å². The topological polar surface area (TPSA) is 50.4 Å². The first-order valence-electron chi connectivity index (χ1n) is 4.69. The van der Waals surface area contributed by atoms with Gasteiger partial charge in [-0.3, -0.25) is 10.1 Å². The normalized spacial score (nSPS) is 20.9. The second-order valence-corrected chi connectivity index (χ2v) is 4.98. The lowest BCUT2D eigenvalue weighted by molar-refractivity contribution is -0.123. The van der Waals surface area contributed by atoms with Gasteiger partial charge in [0.25, 0.3) is 0 Å². The summed E-state index contributed by atoms with van der Waals surface area (Å²) in [6.07, 6.45) is 0. The molecule has 1 heterocycles. The molecule has 0 aromatic carbocycles. The molecule has 0 bridgehead atoms. The quantitative estimate of drug-likeness (QED) is 0.772. The van der Waals surface area contributed by atoms with Crippen LogP contribution in [0.15, 0.2) is 0 Å². The van der Waals surface area contributed by atoms with E-state index in [1.807, 2.05) is 13.8 Å². The molecule has 0 aliphatic carbocycles. The van der Waals surface area contributed by atoms with E-state index in [1.54, 1.807) is 18.9 Å². The molecule has 0 spiro atoms. The van der Waals surface area contributed by atoms with Crippen molar-refractivity contribution in [2.75, 3.05) is 25.3 Å². The Kier molecular flexibility index (Phi) is 6.59. The van der Waals surface area contributed by atoms with E-state index in [2.05, 4.69) is 10.6 Å². The number of nitrogens with one attached hydrogen (secondary N) is 2. The lowest BCUT2D eigenvalue weighted by Gasteiger charge is -2.23. The molecule has 1 saturated heterocycles. The lowest BCUT2D eigenvalue weighted by atomic mass is 10.1. The number of hydrogen-bond acceptors (Lipinski definition) is 4. The number of halogens is 1. The van der Waals surface area contributed by atoms with Crippen LogP contribution in [0.2, 0.25) is 0 Å². The molecule has 0 radical (unpaired) electrons. The first kappa shape index (κ1) is 15.0. The highest BCUT2D eigenvalue weighted by Gasteiger charge is 2.24. The summed E-state index contributed by atoms with van der Waals surface area (Å²) >= 11 is 1.75. The highest BCUT2D eigenvalue weighted by Crippen LogP contribution is 2.10. The van der Waals surface area contributed by atoms with Crippen molar-refractivity contribution in [1.82, 2.24) is 10.6 Å². The van der Waals surface area contributed by atoms with Crippen molar-refractivity contribution in [1.29, 1.82) is 0 Å². The van der Waals surface area contributed by atoms with Gasteiger partial charge in [0.05, 0.1) is 11.6 Å². The van der Waals surface area contributed by atoms with Gasteiger partial charge in [-0.1, -0.05) is 0 Å². The number of ether oxygens (including phenoxy) is 1. The standard InChI is InChI=1S/C9H18N2O2S.ClH/c1-9(2,13-3)5-10-8(12)7-4-14-6-11-7;/h7,11H,4-6H2,1-3H3,(H,10,12);1H/t7-;/m1./s1. The molecular formula is C9H19ClN2O2S. The van der Waals surface area contributed by atoms with Crippen LogP contribution in [0.25, 0.3) is 0 Å². The first-order valence-corrected chi connectivity index (χ1v) is 5.84. The van der Waals surface area contributed by atoms with Gasteiger partial charge < -0.3 is 10.1 Å². The van der Waals surface area contributed by atoms with Crippen molar-refractivity contribution < 1.29 is 9.53 Å². The predicted molar refractivity (Wildman–Crippen MR) is 65.6 cm³/mol. The average molecular weight is 255 g/mol. The van der Waals surface area contributed by atoms with E-state index in [9.17, 15) is 4.79 Å². The minimum Gasteiger partial charge on any atom is -0.377 e. The molecule has 0 unspecified atom stereocenters. The van der Waals surface area contributed by atoms with Crippen LogP contribution < -0.4 is 10.6 Å². The number of carbonyl (C=O) groups is 1. The largest absolute Gasteiger partial charge is 0.377 e. The molecule has 1 atom stereocenters. The SMILES string of the molecule is COC(C)(C)CNC(=O)[C@H]1CSCN1.Cl. The molecular weight excluding hydrogens is 236 g/mol. The minimum absolute atomic E-state index is 0. The van der Waals surface area contributed by atoms with Crippen LogP contribution in [0.4, 0.5) is 0 Å². The second-order valence-electron chi connectivity index (χ2n) is 3.95. The molecule has 6 heteroatoms. The Morgan fingerprint density at radius 2 is 2.33 bits per heavy atom. The number of amides is 1. The van der Waals surface area contributed by atoms with Gasteiger partial charge in [0.2, 0.25) is 5.91 Å². The lowest BCUT2D eigenvalue weighted by Crippen LogP contribution is -2.47. The van der Waals surface area contributed by atoms with Crippen LogP contribution in [0.1, 0.15) is 13.8 Å². The van der Waals surface area contributed by atoms with E-state index in [0.717, 1.165) is 11.6 Å². The van der Waals surface area contributed by atoms with E-state index >= 15 is 0 Å². The van der Waals surface area contributed by atoms with E-state index < -0.39 is 0 Å². The first-order chi connectivity index (χ1) is 6.55. The monoisotopic (exact) mass is 254 g/mol. The van der Waals surface area contributed by atoms with Crippen LogP contribution in [0.5, 0.6) is 0 Å². The summed E-state index contributed by atoms with van der Waals surface area (Å²) in [5, 5.41) is 6.00. The molecule has 4 nitrogen and oxygen atoms in total. The zero-order valence-electron chi connectivity index (χ0n) is 9.33. The fourth-order valence-corrected chi connectivity index (χ4v) is 2.00. The third-order valence-corrected chi connectivity index (χ3v) is 3.21. The Morgan fingerprint density at radius 3 is 2.80 bits per heavy atom. The number of hydrogen-bond donors (Lipinski definition) is 2. The maximum Gasteiger partial charge on any atom is 0.238 e. The van der Waals surface area contributed by atoms with Gasteiger partial charge in [-0.15, -0.1) is 24.2 Å². The Bertz CT molecular complexity index is 208. The van der Waals surface area contributed by atoms with Crippen LogP contribution in [-0.4, -0.2) is 42.8 Å². The molecule has 2 N–H and O–H groups in total. The number of carbonyl (C=O) groups excluding carboxylic acids is 1. The smallest absolute Gasteiger partial charge is 0.238 e. The van der Waals surface area contributed by atoms with Gasteiger partial charge in [0.1, 0.15) is 0 Å². The predicted octanol–water partition coefficient (Wildman–Crippen LogP) is 0.612. The van der Waals surface area contributed by atoms with Crippen LogP contribution in [0.3, 0.4) is 0 Å². The van der Waals surface area contributed by atoms with E-state index in [-0.39, 0.29) is 30.0 Å². The second kappa shape index (κ2) is 6.58. The molecule has 0 saturated carbocycles. The van der Waals surface area contributed by atoms with Crippen LogP contribution in [-0.2, 0) is 9.53 Å². The minimum atomic E-state index is -0.290. The van der Waals surface area contributed by atoms with Gasteiger partial charge in [0.15, 0.2) is 0 Å². The van der Waals surface area contributed by atoms with Crippen molar-refractivity contribution in [2.45, 2.75) is 25.5 Å². The molecule has 90 valence electrons. The van der Waals surface area contributed by atoms with Crippen molar-refractivity contribution in [3.63, 3.8) is 0 Å². The van der Waals surface area contributed by atoms with Crippen molar-refractivity contribution in [3.05, 3.63) is 0 Å². The molecule has 1 rings (SSSR count). The fourth-order valence-electron chi connectivity index (χ4n) is 1.06. The van der Waals surface area contributed by atoms with Crippen molar-refractivity contribution in [2.24, 2.45) is 0 Å². The number of rotatable bonds is 4. The van der Waals surface area contributed by atoms with Crippen molar-refractivity contribution >= 4 is 30.1 Å². The molecule has 1 aliphatic rings. The summed E-state index contributed by atoms with van der Waals surface area (Å²) in [6.45, 7) is 4.44. The highest BCUT2D eigenvalue weighted by molar-refractivity contribution is 7.99. The van der Waals surface area contributed by atoms with Crippen LogP contribution in [0, 0.1) is 0 Å². The van der Waals surface area contributed by atoms with Crippen LogP contribution >= 0.6 is 24.2 Å². The van der Waals surface area contributed by atoms with E-state index in [1.165, 1.54) is 0 Å². The molecule has 1 amide bonds. The summed E-state index contributed by atoms with van der Waals surface area (Å²) in [7, 11) is 1.65. The summed E-state index contributed by atoms with van der Waals surface area (Å²) in [5.41, 5.74) is -0.290. The number of methoxy groups -OCH3 is 1. The third kappa shape index (κ3) is 5.06. The van der Waals surface area contributed by atoms with Gasteiger partial charge in [-0.05, 0) is 13.8 Å². The fraction of sp³-hybridized carbons (Fsp3) is 0.889. The number of thioether (sulfide) groups is 1. The van der Waals surface area contributed by atoms with E-state index in [4.69, 9.17) is 4.74 Å². The molecule has 1 fully saturated rings. The van der Waals surface area contributed by atoms with Gasteiger partial charge in [0, 0.05) is 25.3 Å². The average Bonchev–Trinajstić information content (AvgIpc) is 2.67. The zero-order chi connectivity index (χ0) is 10.6. The Balaban J connectivity index is 0.00000196. The molecule has 15 heavy (non-hydrogen) atoms. The maximum absolute atomic E-state index is 11.6. The molecule has 0 aromatic rings. The zero-order valence-corrected chi connectivity index (χ0v) is 11.0. The van der Waals surface area contributed by atoms with Gasteiger partial charge in [-0.2, -0.15) is 0 Å². The highest BCUT2D eigenvalue weighted by atomic mass is 35.5. The summed E-state index contributed by atoms with van der Waals surface area (Å²) in [6, 6.07) is -0.0346. The maximum atomic E-state index is 11.6.